The molecule has 7 nitrogen and oxygen atoms in total. The third-order valence-corrected chi connectivity index (χ3v) is 6.50. The Labute approximate surface area is 228 Å². The Morgan fingerprint density at radius 1 is 0.816 bits per heavy atom. The summed E-state index contributed by atoms with van der Waals surface area (Å²) in [5.74, 6) is -0.902. The minimum absolute atomic E-state index is 0.0290. The van der Waals surface area contributed by atoms with Crippen LogP contribution in [0.4, 0.5) is 0 Å². The van der Waals surface area contributed by atoms with Gasteiger partial charge in [0.1, 0.15) is 6.23 Å². The first-order chi connectivity index (χ1) is 17.9. The molecule has 0 aromatic heterocycles. The summed E-state index contributed by atoms with van der Waals surface area (Å²) in [5.41, 5.74) is 5.26. The SMILES string of the molecule is COC1=C(OC)C(=O)C(C/C=C(\C)CC/C=C(\C)CC/C=C(\C)CC/C=C(\C)C(=O)NC(C)O)=C(C)C1=O. The van der Waals surface area contributed by atoms with Gasteiger partial charge in [-0.2, -0.15) is 0 Å². The first-order valence-corrected chi connectivity index (χ1v) is 13.2. The Balaban J connectivity index is 2.51. The molecule has 1 unspecified atom stereocenters. The maximum Gasteiger partial charge on any atom is 0.248 e. The highest BCUT2D eigenvalue weighted by atomic mass is 16.5. The molecule has 1 aliphatic carbocycles. The van der Waals surface area contributed by atoms with E-state index in [0.29, 0.717) is 23.1 Å². The number of carbonyl (C=O) groups excluding carboxylic acids is 3. The maximum absolute atomic E-state index is 12.8. The Morgan fingerprint density at radius 2 is 1.26 bits per heavy atom. The van der Waals surface area contributed by atoms with Crippen LogP contribution in [0, 0.1) is 0 Å². The van der Waals surface area contributed by atoms with Crippen LogP contribution in [0.2, 0.25) is 0 Å². The second-order valence-electron chi connectivity index (χ2n) is 9.84. The lowest BCUT2D eigenvalue weighted by molar-refractivity contribution is -0.121. The van der Waals surface area contributed by atoms with E-state index in [0.717, 1.165) is 44.1 Å². The first kappa shape index (κ1) is 32.8. The second kappa shape index (κ2) is 16.6. The number of carbonyl (C=O) groups is 3. The number of methoxy groups -OCH3 is 2. The fraction of sp³-hybridized carbons (Fsp3) is 0.516. The van der Waals surface area contributed by atoms with E-state index in [2.05, 4.69) is 31.3 Å². The molecule has 0 heterocycles. The van der Waals surface area contributed by atoms with Crippen molar-refractivity contribution in [2.75, 3.05) is 14.2 Å². The number of nitrogens with one attached hydrogen (secondary N) is 1. The Hall–Kier alpha value is -3.19. The van der Waals surface area contributed by atoms with Gasteiger partial charge in [-0.25, -0.2) is 0 Å². The molecular weight excluding hydrogens is 482 g/mol. The van der Waals surface area contributed by atoms with Gasteiger partial charge in [0.05, 0.1) is 14.2 Å². The van der Waals surface area contributed by atoms with Crippen LogP contribution >= 0.6 is 0 Å². The molecule has 0 saturated heterocycles. The summed E-state index contributed by atoms with van der Waals surface area (Å²) < 4.78 is 10.2. The van der Waals surface area contributed by atoms with Crippen LogP contribution in [0.1, 0.15) is 86.5 Å². The summed E-state index contributed by atoms with van der Waals surface area (Å²) >= 11 is 0. The standard InChI is InChI=1S/C31H45NO6/c1-20(12-9-13-21(2)16-11-17-23(4)31(36)32-25(6)33)14-10-15-22(3)18-19-26-24(5)27(34)29(37-7)30(38-8)28(26)35/h13-14,17-18,25,33H,9-12,15-16,19H2,1-8H3,(H,32,36)/b20-14+,21-13+,22-18+,23-17+. The molecule has 0 bridgehead atoms. The van der Waals surface area contributed by atoms with Gasteiger partial charge in [-0.3, -0.25) is 14.4 Å². The molecule has 2 N–H and O–H groups in total. The highest BCUT2D eigenvalue weighted by Crippen LogP contribution is 2.28. The molecule has 0 spiro atoms. The van der Waals surface area contributed by atoms with Crippen molar-refractivity contribution >= 4 is 17.5 Å². The normalized spacial score (nSPS) is 16.8. The number of hydrogen-bond acceptors (Lipinski definition) is 6. The van der Waals surface area contributed by atoms with Crippen molar-refractivity contribution in [2.45, 2.75) is 92.7 Å². The van der Waals surface area contributed by atoms with Gasteiger partial charge in [-0.1, -0.05) is 41.0 Å². The van der Waals surface area contributed by atoms with Gasteiger partial charge in [0.2, 0.25) is 29.0 Å². The van der Waals surface area contributed by atoms with Crippen molar-refractivity contribution in [3.8, 4) is 0 Å². The van der Waals surface area contributed by atoms with Crippen molar-refractivity contribution in [2.24, 2.45) is 0 Å². The number of rotatable bonds is 15. The summed E-state index contributed by atoms with van der Waals surface area (Å²) in [4.78, 5) is 37.1. The highest BCUT2D eigenvalue weighted by Gasteiger charge is 2.34. The second-order valence-corrected chi connectivity index (χ2v) is 9.84. The number of Topliss-reactive ketones (excluding diaryl/α,β-unsaturated/α-hetero) is 2. The van der Waals surface area contributed by atoms with Crippen molar-refractivity contribution in [3.05, 3.63) is 69.3 Å². The summed E-state index contributed by atoms with van der Waals surface area (Å²) in [6.07, 6.45) is 13.4. The summed E-state index contributed by atoms with van der Waals surface area (Å²) in [7, 11) is 2.73. The summed E-state index contributed by atoms with van der Waals surface area (Å²) in [5, 5.41) is 11.7. The minimum atomic E-state index is -0.850. The zero-order chi connectivity index (χ0) is 28.8. The van der Waals surface area contributed by atoms with E-state index >= 15 is 0 Å². The molecule has 1 atom stereocenters. The van der Waals surface area contributed by atoms with Crippen molar-refractivity contribution in [3.63, 3.8) is 0 Å². The van der Waals surface area contributed by atoms with Crippen LogP contribution < -0.4 is 5.32 Å². The zero-order valence-electron chi connectivity index (χ0n) is 24.3. The van der Waals surface area contributed by atoms with E-state index in [9.17, 15) is 19.5 Å². The molecule has 0 aromatic carbocycles. The largest absolute Gasteiger partial charge is 0.489 e. The zero-order valence-corrected chi connectivity index (χ0v) is 24.3. The molecule has 0 aliphatic heterocycles. The lowest BCUT2D eigenvalue weighted by Crippen LogP contribution is -2.32. The Kier molecular flexibility index (Phi) is 14.4. The lowest BCUT2D eigenvalue weighted by atomic mass is 9.90. The van der Waals surface area contributed by atoms with Crippen LogP contribution in [0.25, 0.3) is 0 Å². The van der Waals surface area contributed by atoms with Crippen LogP contribution in [-0.4, -0.2) is 43.0 Å². The van der Waals surface area contributed by atoms with Crippen molar-refractivity contribution in [1.82, 2.24) is 5.32 Å². The number of allylic oxidation sites excluding steroid dienone is 9. The van der Waals surface area contributed by atoms with Gasteiger partial charge in [0, 0.05) is 16.7 Å². The molecule has 0 aromatic rings. The van der Waals surface area contributed by atoms with Gasteiger partial charge in [0.25, 0.3) is 0 Å². The van der Waals surface area contributed by atoms with Crippen LogP contribution in [-0.2, 0) is 23.9 Å². The van der Waals surface area contributed by atoms with E-state index in [4.69, 9.17) is 9.47 Å². The van der Waals surface area contributed by atoms with Crippen molar-refractivity contribution in [1.29, 1.82) is 0 Å². The van der Waals surface area contributed by atoms with Gasteiger partial charge >= 0.3 is 0 Å². The predicted octanol–water partition coefficient (Wildman–Crippen LogP) is 5.93. The minimum Gasteiger partial charge on any atom is -0.489 e. The molecule has 0 radical (unpaired) electrons. The topological polar surface area (TPSA) is 102 Å². The number of amides is 1. The van der Waals surface area contributed by atoms with E-state index in [-0.39, 0.29) is 29.0 Å². The smallest absolute Gasteiger partial charge is 0.248 e. The molecule has 210 valence electrons. The fourth-order valence-corrected chi connectivity index (χ4v) is 4.03. The maximum atomic E-state index is 12.8. The quantitative estimate of drug-likeness (QED) is 0.118. The fourth-order valence-electron chi connectivity index (χ4n) is 4.03. The average Bonchev–Trinajstić information content (AvgIpc) is 2.85. The number of aliphatic hydroxyl groups is 1. The highest BCUT2D eigenvalue weighted by molar-refractivity contribution is 6.23. The molecule has 38 heavy (non-hydrogen) atoms. The molecule has 1 amide bonds. The Bertz CT molecular complexity index is 1070. The number of aliphatic hydroxyl groups excluding tert-OH is 1. The molecule has 0 fully saturated rings. The van der Waals surface area contributed by atoms with E-state index in [1.807, 2.05) is 19.1 Å². The predicted molar refractivity (Wildman–Crippen MR) is 151 cm³/mol. The van der Waals surface area contributed by atoms with E-state index in [1.54, 1.807) is 13.8 Å². The van der Waals surface area contributed by atoms with Crippen molar-refractivity contribution < 1.29 is 29.0 Å². The van der Waals surface area contributed by atoms with Gasteiger partial charge in [-0.05, 0) is 86.5 Å². The summed E-state index contributed by atoms with van der Waals surface area (Å²) in [6, 6.07) is 0. The number of hydrogen-bond donors (Lipinski definition) is 2. The monoisotopic (exact) mass is 527 g/mol. The molecule has 1 rings (SSSR count). The lowest BCUT2D eigenvalue weighted by Gasteiger charge is -2.19. The van der Waals surface area contributed by atoms with Crippen LogP contribution in [0.15, 0.2) is 69.3 Å². The van der Waals surface area contributed by atoms with Gasteiger partial charge in [-0.15, -0.1) is 0 Å². The van der Waals surface area contributed by atoms with Crippen LogP contribution in [0.5, 0.6) is 0 Å². The van der Waals surface area contributed by atoms with Gasteiger partial charge < -0.3 is 19.9 Å². The van der Waals surface area contributed by atoms with Gasteiger partial charge in [0.15, 0.2) is 0 Å². The number of ether oxygens (including phenoxy) is 2. The van der Waals surface area contributed by atoms with E-state index < -0.39 is 6.23 Å². The first-order valence-electron chi connectivity index (χ1n) is 13.2. The molecule has 1 aliphatic rings. The summed E-state index contributed by atoms with van der Waals surface area (Å²) in [6.45, 7) is 11.2. The molecule has 7 heteroatoms. The molecular formula is C31H45NO6. The third-order valence-electron chi connectivity index (χ3n) is 6.50. The molecule has 0 saturated carbocycles. The average molecular weight is 528 g/mol. The van der Waals surface area contributed by atoms with E-state index in [1.165, 1.54) is 32.3 Å². The van der Waals surface area contributed by atoms with Crippen LogP contribution in [0.3, 0.4) is 0 Å². The third kappa shape index (κ3) is 10.7. The number of ketones is 2. The Morgan fingerprint density at radius 3 is 1.74 bits per heavy atom.